The summed E-state index contributed by atoms with van der Waals surface area (Å²) in [5.41, 5.74) is -0.293. The Morgan fingerprint density at radius 1 is 1.25 bits per heavy atom. The number of carbonyl (C=O) groups excluding carboxylic acids is 1. The zero-order valence-electron chi connectivity index (χ0n) is 7.38. The first-order valence-corrected chi connectivity index (χ1v) is 4.97. The van der Waals surface area contributed by atoms with Crippen molar-refractivity contribution in [3.05, 3.63) is 0 Å². The smallest absolute Gasteiger partial charge is 0.141 e. The van der Waals surface area contributed by atoms with E-state index in [4.69, 9.17) is 0 Å². The van der Waals surface area contributed by atoms with Crippen LogP contribution in [0.15, 0.2) is 0 Å². The fourth-order valence-electron chi connectivity index (χ4n) is 2.79. The summed E-state index contributed by atoms with van der Waals surface area (Å²) < 4.78 is 0. The third kappa shape index (κ3) is 1.01. The molecule has 0 unspecified atom stereocenters. The van der Waals surface area contributed by atoms with Crippen LogP contribution in [0.25, 0.3) is 0 Å². The van der Waals surface area contributed by atoms with Gasteiger partial charge in [0, 0.05) is 6.42 Å². The molecule has 2 atom stereocenters. The number of rotatable bonds is 0. The lowest BCUT2D eigenvalue weighted by Gasteiger charge is -2.34. The first-order valence-electron chi connectivity index (χ1n) is 4.97. The number of hydrogen-bond acceptors (Lipinski definition) is 2. The highest BCUT2D eigenvalue weighted by Gasteiger charge is 2.48. The van der Waals surface area contributed by atoms with E-state index >= 15 is 0 Å². The van der Waals surface area contributed by atoms with Gasteiger partial charge < -0.3 is 5.11 Å². The molecule has 0 heterocycles. The van der Waals surface area contributed by atoms with Crippen LogP contribution in [-0.4, -0.2) is 17.0 Å². The van der Waals surface area contributed by atoms with E-state index in [1.54, 1.807) is 0 Å². The number of ketones is 1. The van der Waals surface area contributed by atoms with Gasteiger partial charge in [-0.05, 0) is 32.1 Å². The molecule has 1 spiro atoms. The van der Waals surface area contributed by atoms with E-state index < -0.39 is 0 Å². The normalized spacial score (nSPS) is 42.4. The summed E-state index contributed by atoms with van der Waals surface area (Å²) in [6.45, 7) is 0. The monoisotopic (exact) mass is 168 g/mol. The molecule has 0 aromatic heterocycles. The van der Waals surface area contributed by atoms with Crippen molar-refractivity contribution in [3.8, 4) is 0 Å². The van der Waals surface area contributed by atoms with Gasteiger partial charge in [0.25, 0.3) is 0 Å². The largest absolute Gasteiger partial charge is 0.392 e. The number of aliphatic hydroxyl groups is 1. The van der Waals surface area contributed by atoms with Crippen molar-refractivity contribution in [2.75, 3.05) is 0 Å². The zero-order chi connectivity index (χ0) is 8.60. The van der Waals surface area contributed by atoms with E-state index in [-0.39, 0.29) is 11.5 Å². The summed E-state index contributed by atoms with van der Waals surface area (Å²) in [5.74, 6) is 0.332. The summed E-state index contributed by atoms with van der Waals surface area (Å²) in [6.07, 6.45) is 6.29. The van der Waals surface area contributed by atoms with Crippen molar-refractivity contribution in [1.29, 1.82) is 0 Å². The van der Waals surface area contributed by atoms with Gasteiger partial charge in [0.05, 0.1) is 11.5 Å². The maximum Gasteiger partial charge on any atom is 0.141 e. The molecule has 2 rings (SSSR count). The Labute approximate surface area is 73.0 Å². The Kier molecular flexibility index (Phi) is 1.95. The molecule has 2 fully saturated rings. The minimum absolute atomic E-state index is 0.293. The molecule has 2 aliphatic rings. The van der Waals surface area contributed by atoms with Gasteiger partial charge in [0.15, 0.2) is 0 Å². The Bertz CT molecular complexity index is 200. The molecule has 68 valence electrons. The fraction of sp³-hybridized carbons (Fsp3) is 0.900. The number of carbonyl (C=O) groups is 1. The third-order valence-corrected chi connectivity index (χ3v) is 3.57. The third-order valence-electron chi connectivity index (χ3n) is 3.57. The van der Waals surface area contributed by atoms with Crippen molar-refractivity contribution < 1.29 is 9.90 Å². The maximum absolute atomic E-state index is 11.7. The first kappa shape index (κ1) is 8.24. The molecule has 1 N–H and O–H groups in total. The topological polar surface area (TPSA) is 37.3 Å². The lowest BCUT2D eigenvalue weighted by molar-refractivity contribution is -0.136. The van der Waals surface area contributed by atoms with Crippen LogP contribution in [-0.2, 0) is 4.79 Å². The van der Waals surface area contributed by atoms with Gasteiger partial charge in [-0.3, -0.25) is 4.79 Å². The van der Waals surface area contributed by atoms with Crippen LogP contribution >= 0.6 is 0 Å². The molecule has 0 aromatic carbocycles. The van der Waals surface area contributed by atoms with Gasteiger partial charge in [0.1, 0.15) is 5.78 Å². The van der Waals surface area contributed by atoms with Crippen LogP contribution in [0.2, 0.25) is 0 Å². The van der Waals surface area contributed by atoms with Crippen LogP contribution in [0, 0.1) is 5.41 Å². The van der Waals surface area contributed by atoms with Gasteiger partial charge in [-0.25, -0.2) is 0 Å². The minimum atomic E-state index is -0.328. The fourth-order valence-corrected chi connectivity index (χ4v) is 2.79. The lowest BCUT2D eigenvalue weighted by atomic mass is 9.70. The number of aliphatic hydroxyl groups excluding tert-OH is 1. The molecule has 2 nitrogen and oxygen atoms in total. The van der Waals surface area contributed by atoms with E-state index in [9.17, 15) is 9.90 Å². The van der Waals surface area contributed by atoms with E-state index in [1.807, 2.05) is 0 Å². The van der Waals surface area contributed by atoms with E-state index in [2.05, 4.69) is 0 Å². The lowest BCUT2D eigenvalue weighted by Crippen LogP contribution is -2.40. The highest BCUT2D eigenvalue weighted by atomic mass is 16.3. The highest BCUT2D eigenvalue weighted by Crippen LogP contribution is 2.46. The molecule has 0 aromatic rings. The Hall–Kier alpha value is -0.370. The van der Waals surface area contributed by atoms with Crippen LogP contribution in [0.5, 0.6) is 0 Å². The first-order chi connectivity index (χ1) is 5.76. The summed E-state index contributed by atoms with van der Waals surface area (Å²) in [4.78, 5) is 11.7. The van der Waals surface area contributed by atoms with Gasteiger partial charge in [-0.1, -0.05) is 6.42 Å². The van der Waals surface area contributed by atoms with Gasteiger partial charge in [0.2, 0.25) is 0 Å². The maximum atomic E-state index is 11.7. The van der Waals surface area contributed by atoms with Gasteiger partial charge >= 0.3 is 0 Å². The van der Waals surface area contributed by atoms with Crippen molar-refractivity contribution >= 4 is 5.78 Å². The Morgan fingerprint density at radius 3 is 2.58 bits per heavy atom. The van der Waals surface area contributed by atoms with Crippen LogP contribution < -0.4 is 0 Å². The average molecular weight is 168 g/mol. The predicted octanol–water partition coefficient (Wildman–Crippen LogP) is 1.66. The molecule has 2 heteroatoms. The highest BCUT2D eigenvalue weighted by molar-refractivity contribution is 5.86. The van der Waals surface area contributed by atoms with Crippen molar-refractivity contribution in [2.24, 2.45) is 5.41 Å². The van der Waals surface area contributed by atoms with E-state index in [0.29, 0.717) is 12.2 Å². The van der Waals surface area contributed by atoms with Crippen LogP contribution in [0.1, 0.15) is 44.9 Å². The van der Waals surface area contributed by atoms with Gasteiger partial charge in [-0.2, -0.15) is 0 Å². The summed E-state index contributed by atoms with van der Waals surface area (Å²) in [6, 6.07) is 0. The molecule has 0 radical (unpaired) electrons. The predicted molar refractivity (Wildman–Crippen MR) is 45.8 cm³/mol. The van der Waals surface area contributed by atoms with Gasteiger partial charge in [-0.15, -0.1) is 0 Å². The molecule has 0 saturated heterocycles. The second kappa shape index (κ2) is 2.84. The number of Topliss-reactive ketones (excluding diaryl/α,β-unsaturated/α-hetero) is 1. The van der Waals surface area contributed by atoms with Crippen molar-refractivity contribution in [1.82, 2.24) is 0 Å². The SMILES string of the molecule is O=C1CCCC[C@@]12CCC[C@@H]2O. The second-order valence-corrected chi connectivity index (χ2v) is 4.19. The minimum Gasteiger partial charge on any atom is -0.392 e. The van der Waals surface area contributed by atoms with E-state index in [1.165, 1.54) is 0 Å². The van der Waals surface area contributed by atoms with Crippen molar-refractivity contribution in [2.45, 2.75) is 51.0 Å². The van der Waals surface area contributed by atoms with E-state index in [0.717, 1.165) is 38.5 Å². The average Bonchev–Trinajstić information content (AvgIpc) is 2.41. The Balaban J connectivity index is 2.21. The van der Waals surface area contributed by atoms with Crippen LogP contribution in [0.3, 0.4) is 0 Å². The molecular formula is C10H16O2. The molecular weight excluding hydrogens is 152 g/mol. The Morgan fingerprint density at radius 2 is 2.00 bits per heavy atom. The quantitative estimate of drug-likeness (QED) is 0.597. The molecule has 2 saturated carbocycles. The molecule has 0 bridgehead atoms. The zero-order valence-corrected chi connectivity index (χ0v) is 7.38. The molecule has 12 heavy (non-hydrogen) atoms. The second-order valence-electron chi connectivity index (χ2n) is 4.19. The molecule has 0 amide bonds. The summed E-state index contributed by atoms with van der Waals surface area (Å²) >= 11 is 0. The summed E-state index contributed by atoms with van der Waals surface area (Å²) in [5, 5.41) is 9.75. The molecule has 2 aliphatic carbocycles. The standard InChI is InChI=1S/C10H16O2/c11-8-4-1-2-6-10(8)7-3-5-9(10)12/h9,12H,1-7H2/t9-,10+/m0/s1. The number of hydrogen-bond donors (Lipinski definition) is 1. The molecule has 0 aliphatic heterocycles. The summed E-state index contributed by atoms with van der Waals surface area (Å²) in [7, 11) is 0. The van der Waals surface area contributed by atoms with Crippen molar-refractivity contribution in [3.63, 3.8) is 0 Å². The van der Waals surface area contributed by atoms with Crippen LogP contribution in [0.4, 0.5) is 0 Å².